The molecule has 0 radical (unpaired) electrons. The maximum absolute atomic E-state index is 12.1. The Labute approximate surface area is 123 Å². The van der Waals surface area contributed by atoms with Gasteiger partial charge >= 0.3 is 0 Å². The van der Waals surface area contributed by atoms with Crippen LogP contribution in [0.3, 0.4) is 0 Å². The van der Waals surface area contributed by atoms with Crippen LogP contribution in [0.5, 0.6) is 0 Å². The lowest BCUT2D eigenvalue weighted by molar-refractivity contribution is 0.183. The zero-order chi connectivity index (χ0) is 15.3. The first-order chi connectivity index (χ1) is 9.98. The van der Waals surface area contributed by atoms with Crippen LogP contribution in [0.1, 0.15) is 5.56 Å². The molecule has 0 bridgehead atoms. The van der Waals surface area contributed by atoms with E-state index in [2.05, 4.69) is 9.82 Å². The number of hydrogen-bond acceptors (Lipinski definition) is 5. The predicted molar refractivity (Wildman–Crippen MR) is 81.2 cm³/mol. The summed E-state index contributed by atoms with van der Waals surface area (Å²) in [5, 5.41) is 4.05. The molecular weight excluding hydrogens is 292 g/mol. The quantitative estimate of drug-likeness (QED) is 0.745. The molecule has 21 heavy (non-hydrogen) atoms. The van der Waals surface area contributed by atoms with E-state index >= 15 is 0 Å². The lowest BCUT2D eigenvalue weighted by Gasteiger charge is -2.06. The molecule has 0 fully saturated rings. The van der Waals surface area contributed by atoms with Crippen LogP contribution in [0.2, 0.25) is 0 Å². The molecule has 1 aromatic carbocycles. The Morgan fingerprint density at radius 1 is 1.43 bits per heavy atom. The van der Waals surface area contributed by atoms with Gasteiger partial charge in [-0.25, -0.2) is 8.42 Å². The van der Waals surface area contributed by atoms with Gasteiger partial charge in [0.1, 0.15) is 0 Å². The number of benzene rings is 1. The largest absolute Gasteiger partial charge is 0.399 e. The summed E-state index contributed by atoms with van der Waals surface area (Å²) in [7, 11) is -1.91. The minimum atomic E-state index is -3.50. The maximum atomic E-state index is 12.1. The standard InChI is InChI=1S/C13H18N4O3S/c1-20-6-5-17-9-13(8-15-17)16-21(18,19)10-11-3-2-4-12(14)7-11/h2-4,7-9,16H,5-6,10,14H2,1H3. The summed E-state index contributed by atoms with van der Waals surface area (Å²) in [5.74, 6) is -0.138. The minimum Gasteiger partial charge on any atom is -0.399 e. The molecule has 0 amide bonds. The van der Waals surface area contributed by atoms with Gasteiger partial charge in [-0.3, -0.25) is 9.40 Å². The molecule has 0 saturated carbocycles. The first-order valence-electron chi connectivity index (χ1n) is 6.35. The van der Waals surface area contributed by atoms with E-state index in [1.54, 1.807) is 42.3 Å². The van der Waals surface area contributed by atoms with Crippen molar-refractivity contribution >= 4 is 21.4 Å². The van der Waals surface area contributed by atoms with Gasteiger partial charge in [0, 0.05) is 19.0 Å². The molecule has 0 atom stereocenters. The number of rotatable bonds is 7. The number of sulfonamides is 1. The van der Waals surface area contributed by atoms with Crippen molar-refractivity contribution in [3.63, 3.8) is 0 Å². The van der Waals surface area contributed by atoms with Crippen LogP contribution in [0.25, 0.3) is 0 Å². The highest BCUT2D eigenvalue weighted by atomic mass is 32.2. The highest BCUT2D eigenvalue weighted by Crippen LogP contribution is 2.14. The molecule has 0 spiro atoms. The van der Waals surface area contributed by atoms with Crippen molar-refractivity contribution < 1.29 is 13.2 Å². The van der Waals surface area contributed by atoms with E-state index in [1.165, 1.54) is 6.20 Å². The molecular formula is C13H18N4O3S. The molecule has 2 rings (SSSR count). The van der Waals surface area contributed by atoms with E-state index in [-0.39, 0.29) is 5.75 Å². The summed E-state index contributed by atoms with van der Waals surface area (Å²) < 4.78 is 33.2. The number of anilines is 2. The summed E-state index contributed by atoms with van der Waals surface area (Å²) in [4.78, 5) is 0. The first-order valence-corrected chi connectivity index (χ1v) is 8.00. The average molecular weight is 310 g/mol. The highest BCUT2D eigenvalue weighted by Gasteiger charge is 2.13. The van der Waals surface area contributed by atoms with Crippen molar-refractivity contribution in [2.45, 2.75) is 12.3 Å². The Bertz CT molecular complexity index is 697. The monoisotopic (exact) mass is 310 g/mol. The van der Waals surface area contributed by atoms with Gasteiger partial charge in [0.05, 0.1) is 30.8 Å². The summed E-state index contributed by atoms with van der Waals surface area (Å²) in [5.41, 5.74) is 7.24. The normalized spacial score (nSPS) is 11.5. The van der Waals surface area contributed by atoms with E-state index in [0.29, 0.717) is 30.1 Å². The maximum Gasteiger partial charge on any atom is 0.237 e. The molecule has 7 nitrogen and oxygen atoms in total. The number of hydrogen-bond donors (Lipinski definition) is 2. The summed E-state index contributed by atoms with van der Waals surface area (Å²) in [6, 6.07) is 6.80. The lowest BCUT2D eigenvalue weighted by Crippen LogP contribution is -2.14. The van der Waals surface area contributed by atoms with Crippen LogP contribution in [0, 0.1) is 0 Å². The topological polar surface area (TPSA) is 99.2 Å². The lowest BCUT2D eigenvalue weighted by atomic mass is 10.2. The van der Waals surface area contributed by atoms with Gasteiger partial charge in [0.15, 0.2) is 0 Å². The van der Waals surface area contributed by atoms with Crippen molar-refractivity contribution in [3.05, 3.63) is 42.2 Å². The van der Waals surface area contributed by atoms with E-state index in [4.69, 9.17) is 10.5 Å². The van der Waals surface area contributed by atoms with Crippen molar-refractivity contribution in [2.24, 2.45) is 0 Å². The van der Waals surface area contributed by atoms with Gasteiger partial charge < -0.3 is 10.5 Å². The van der Waals surface area contributed by atoms with Crippen molar-refractivity contribution in [1.29, 1.82) is 0 Å². The summed E-state index contributed by atoms with van der Waals surface area (Å²) in [6.45, 7) is 1.07. The van der Waals surface area contributed by atoms with Gasteiger partial charge in [-0.1, -0.05) is 12.1 Å². The van der Waals surface area contributed by atoms with E-state index in [0.717, 1.165) is 0 Å². The van der Waals surface area contributed by atoms with Crippen molar-refractivity contribution in [1.82, 2.24) is 9.78 Å². The Kier molecular flexibility index (Phi) is 4.81. The molecule has 0 aliphatic rings. The second kappa shape index (κ2) is 6.59. The Morgan fingerprint density at radius 3 is 2.95 bits per heavy atom. The SMILES string of the molecule is COCCn1cc(NS(=O)(=O)Cc2cccc(N)c2)cn1. The fraction of sp³-hybridized carbons (Fsp3) is 0.308. The van der Waals surface area contributed by atoms with Gasteiger partial charge in [-0.2, -0.15) is 5.10 Å². The fourth-order valence-electron chi connectivity index (χ4n) is 1.84. The molecule has 114 valence electrons. The molecule has 0 aliphatic carbocycles. The van der Waals surface area contributed by atoms with Crippen LogP contribution < -0.4 is 10.5 Å². The van der Waals surface area contributed by atoms with Gasteiger partial charge in [0.2, 0.25) is 10.0 Å². The zero-order valence-electron chi connectivity index (χ0n) is 11.7. The van der Waals surface area contributed by atoms with Crippen LogP contribution in [0.4, 0.5) is 11.4 Å². The van der Waals surface area contributed by atoms with E-state index in [1.807, 2.05) is 0 Å². The van der Waals surface area contributed by atoms with Gasteiger partial charge in [0.25, 0.3) is 0 Å². The van der Waals surface area contributed by atoms with Crippen LogP contribution in [0.15, 0.2) is 36.7 Å². The third-order valence-corrected chi connectivity index (χ3v) is 4.00. The van der Waals surface area contributed by atoms with Crippen molar-refractivity contribution in [3.8, 4) is 0 Å². The van der Waals surface area contributed by atoms with Gasteiger partial charge in [-0.15, -0.1) is 0 Å². The molecule has 1 aromatic heterocycles. The predicted octanol–water partition coefficient (Wildman–Crippen LogP) is 1.05. The molecule has 0 saturated heterocycles. The van der Waals surface area contributed by atoms with Crippen molar-refractivity contribution in [2.75, 3.05) is 24.2 Å². The molecule has 8 heteroatoms. The van der Waals surface area contributed by atoms with E-state index < -0.39 is 10.0 Å². The third-order valence-electron chi connectivity index (χ3n) is 2.74. The number of nitrogens with one attached hydrogen (secondary N) is 1. The van der Waals surface area contributed by atoms with E-state index in [9.17, 15) is 8.42 Å². The smallest absolute Gasteiger partial charge is 0.237 e. The summed E-state index contributed by atoms with van der Waals surface area (Å²) in [6.07, 6.45) is 3.09. The Hall–Kier alpha value is -2.06. The Balaban J connectivity index is 2.02. The molecule has 0 aliphatic heterocycles. The molecule has 1 heterocycles. The number of nitrogen functional groups attached to an aromatic ring is 1. The number of aromatic nitrogens is 2. The zero-order valence-corrected chi connectivity index (χ0v) is 12.5. The summed E-state index contributed by atoms with van der Waals surface area (Å²) >= 11 is 0. The molecule has 0 unspecified atom stereocenters. The first kappa shape index (κ1) is 15.3. The number of ether oxygens (including phenoxy) is 1. The second-order valence-electron chi connectivity index (χ2n) is 4.59. The number of nitrogens with two attached hydrogens (primary N) is 1. The average Bonchev–Trinajstić information content (AvgIpc) is 2.82. The van der Waals surface area contributed by atoms with Crippen LogP contribution in [-0.2, 0) is 27.1 Å². The Morgan fingerprint density at radius 2 is 2.24 bits per heavy atom. The minimum absolute atomic E-state index is 0.138. The van der Waals surface area contributed by atoms with Crippen LogP contribution >= 0.6 is 0 Å². The van der Waals surface area contributed by atoms with Gasteiger partial charge in [-0.05, 0) is 17.7 Å². The van der Waals surface area contributed by atoms with Crippen LogP contribution in [-0.4, -0.2) is 31.9 Å². The number of methoxy groups -OCH3 is 1. The third kappa shape index (κ3) is 4.76. The molecule has 3 N–H and O–H groups in total. The molecule has 2 aromatic rings. The fourth-order valence-corrected chi connectivity index (χ4v) is 3.00. The number of nitrogens with zero attached hydrogens (tertiary/aromatic N) is 2. The highest BCUT2D eigenvalue weighted by molar-refractivity contribution is 7.91. The second-order valence-corrected chi connectivity index (χ2v) is 6.31.